The van der Waals surface area contributed by atoms with Crippen LogP contribution in [-0.4, -0.2) is 26.0 Å². The zero-order chi connectivity index (χ0) is 31.8. The first-order chi connectivity index (χ1) is 21.8. The monoisotopic (exact) mass is 594 g/mol. The van der Waals surface area contributed by atoms with Gasteiger partial charge >= 0.3 is 11.9 Å². The summed E-state index contributed by atoms with van der Waals surface area (Å²) in [6.07, 6.45) is 2.29. The summed E-state index contributed by atoms with van der Waals surface area (Å²) in [6.45, 7) is 7.56. The lowest BCUT2D eigenvalue weighted by molar-refractivity contribution is -0.129. The average Bonchev–Trinajstić information content (AvgIpc) is 3.08. The van der Waals surface area contributed by atoms with Crippen molar-refractivity contribution in [2.75, 3.05) is 23.9 Å². The lowest BCUT2D eigenvalue weighted by Gasteiger charge is -2.26. The van der Waals surface area contributed by atoms with Crippen LogP contribution in [0.15, 0.2) is 147 Å². The van der Waals surface area contributed by atoms with E-state index < -0.39 is 11.9 Å². The number of benzene rings is 5. The Labute approximate surface area is 264 Å². The second-order valence-electron chi connectivity index (χ2n) is 10.5. The third-order valence-electron chi connectivity index (χ3n) is 7.30. The lowest BCUT2D eigenvalue weighted by Crippen LogP contribution is -2.16. The SMILES string of the molecule is C=CC(=O)Oc1ccc(-c2ccc(N(Cc3ccc(N(C)C)cc3)c3ccc(-c4ccc(OC(=O)C=C)cc4)cc3)cc2)cc1. The quantitative estimate of drug-likeness (QED) is 0.0867. The van der Waals surface area contributed by atoms with Crippen molar-refractivity contribution in [2.24, 2.45) is 0 Å². The molecule has 0 atom stereocenters. The van der Waals surface area contributed by atoms with E-state index in [1.54, 1.807) is 24.3 Å². The molecule has 0 heterocycles. The summed E-state index contributed by atoms with van der Waals surface area (Å²) in [7, 11) is 4.07. The number of esters is 2. The van der Waals surface area contributed by atoms with Gasteiger partial charge in [0.2, 0.25) is 0 Å². The van der Waals surface area contributed by atoms with E-state index in [4.69, 9.17) is 9.47 Å². The van der Waals surface area contributed by atoms with Crippen LogP contribution in [0.2, 0.25) is 0 Å². The highest BCUT2D eigenvalue weighted by atomic mass is 16.5. The van der Waals surface area contributed by atoms with Crippen LogP contribution in [0.25, 0.3) is 22.3 Å². The molecule has 0 aliphatic heterocycles. The van der Waals surface area contributed by atoms with Gasteiger partial charge in [-0.1, -0.05) is 73.8 Å². The first kappa shape index (κ1) is 30.6. The number of hydrogen-bond donors (Lipinski definition) is 0. The lowest BCUT2D eigenvalue weighted by atomic mass is 10.0. The number of anilines is 3. The van der Waals surface area contributed by atoms with Crippen LogP contribution in [0.4, 0.5) is 17.1 Å². The van der Waals surface area contributed by atoms with Gasteiger partial charge in [0.15, 0.2) is 0 Å². The molecule has 0 aliphatic rings. The largest absolute Gasteiger partial charge is 0.423 e. The molecule has 0 saturated carbocycles. The Balaban J connectivity index is 1.40. The molecular formula is C39H34N2O4. The molecule has 6 nitrogen and oxygen atoms in total. The smallest absolute Gasteiger partial charge is 0.335 e. The predicted octanol–water partition coefficient (Wildman–Crippen LogP) is 8.61. The fourth-order valence-corrected chi connectivity index (χ4v) is 4.83. The third kappa shape index (κ3) is 7.75. The summed E-state index contributed by atoms with van der Waals surface area (Å²) in [4.78, 5) is 27.4. The Hall–Kier alpha value is -5.88. The van der Waals surface area contributed by atoms with Crippen LogP contribution in [0, 0.1) is 0 Å². The molecule has 5 aromatic carbocycles. The maximum atomic E-state index is 11.5. The standard InChI is InChI=1S/C39H34N2O4/c1-5-38(42)44-36-23-13-31(14-24-36)29-9-19-34(20-10-29)41(27-28-7-17-33(18-8-28)40(3)4)35-21-11-30(12-22-35)32-15-25-37(26-16-32)45-39(43)6-2/h5-26H,1-2,27H2,3-4H3. The van der Waals surface area contributed by atoms with Crippen LogP contribution < -0.4 is 19.3 Å². The minimum Gasteiger partial charge on any atom is -0.423 e. The van der Waals surface area contributed by atoms with Gasteiger partial charge in [-0.2, -0.15) is 0 Å². The highest BCUT2D eigenvalue weighted by Crippen LogP contribution is 2.33. The maximum absolute atomic E-state index is 11.5. The second-order valence-corrected chi connectivity index (χ2v) is 10.5. The van der Waals surface area contributed by atoms with Gasteiger partial charge in [-0.3, -0.25) is 0 Å². The molecule has 0 spiro atoms. The fourth-order valence-electron chi connectivity index (χ4n) is 4.83. The van der Waals surface area contributed by atoms with E-state index in [1.165, 1.54) is 5.56 Å². The van der Waals surface area contributed by atoms with Crippen molar-refractivity contribution in [3.05, 3.63) is 152 Å². The summed E-state index contributed by atoms with van der Waals surface area (Å²) >= 11 is 0. The summed E-state index contributed by atoms with van der Waals surface area (Å²) in [5.41, 5.74) is 8.56. The Bertz CT molecular complexity index is 1660. The van der Waals surface area contributed by atoms with E-state index >= 15 is 0 Å². The second kappa shape index (κ2) is 14.1. The van der Waals surface area contributed by atoms with E-state index in [1.807, 2.05) is 38.4 Å². The van der Waals surface area contributed by atoms with Gasteiger partial charge in [-0.25, -0.2) is 9.59 Å². The highest BCUT2D eigenvalue weighted by molar-refractivity contribution is 5.84. The van der Waals surface area contributed by atoms with Crippen LogP contribution in [0.5, 0.6) is 11.5 Å². The normalized spacial score (nSPS) is 10.4. The summed E-state index contributed by atoms with van der Waals surface area (Å²) in [5.74, 6) is -0.0217. The van der Waals surface area contributed by atoms with Gasteiger partial charge in [-0.05, 0) is 88.5 Å². The zero-order valence-corrected chi connectivity index (χ0v) is 25.4. The third-order valence-corrected chi connectivity index (χ3v) is 7.30. The summed E-state index contributed by atoms with van der Waals surface area (Å²) in [6, 6.07) is 40.2. The molecule has 0 N–H and O–H groups in total. The van der Waals surface area contributed by atoms with E-state index in [2.05, 4.69) is 95.8 Å². The number of carbonyl (C=O) groups is 2. The molecule has 5 rings (SSSR count). The maximum Gasteiger partial charge on any atom is 0.335 e. The van der Waals surface area contributed by atoms with Crippen molar-refractivity contribution in [1.82, 2.24) is 0 Å². The van der Waals surface area contributed by atoms with Crippen molar-refractivity contribution >= 4 is 29.0 Å². The number of carbonyl (C=O) groups excluding carboxylic acids is 2. The van der Waals surface area contributed by atoms with Crippen LogP contribution >= 0.6 is 0 Å². The van der Waals surface area contributed by atoms with Gasteiger partial charge in [0, 0.05) is 49.9 Å². The molecule has 0 aromatic heterocycles. The van der Waals surface area contributed by atoms with Gasteiger partial charge < -0.3 is 19.3 Å². The van der Waals surface area contributed by atoms with E-state index in [0.29, 0.717) is 18.0 Å². The highest BCUT2D eigenvalue weighted by Gasteiger charge is 2.13. The Morgan fingerprint density at radius 2 is 0.867 bits per heavy atom. The van der Waals surface area contributed by atoms with Gasteiger partial charge in [-0.15, -0.1) is 0 Å². The Kier molecular flexibility index (Phi) is 9.55. The number of ether oxygens (including phenoxy) is 2. The Morgan fingerprint density at radius 3 is 1.20 bits per heavy atom. The fraction of sp³-hybridized carbons (Fsp3) is 0.0769. The first-order valence-electron chi connectivity index (χ1n) is 14.5. The van der Waals surface area contributed by atoms with E-state index in [9.17, 15) is 9.59 Å². The molecule has 0 radical (unpaired) electrons. The minimum absolute atomic E-state index is 0.474. The molecular weight excluding hydrogens is 560 g/mol. The van der Waals surface area contributed by atoms with Crippen molar-refractivity contribution in [3.8, 4) is 33.8 Å². The van der Waals surface area contributed by atoms with Crippen molar-refractivity contribution in [2.45, 2.75) is 6.54 Å². The van der Waals surface area contributed by atoms with Crippen LogP contribution in [0.1, 0.15) is 5.56 Å². The molecule has 6 heteroatoms. The van der Waals surface area contributed by atoms with Crippen LogP contribution in [-0.2, 0) is 16.1 Å². The number of nitrogens with zero attached hydrogens (tertiary/aromatic N) is 2. The Morgan fingerprint density at radius 1 is 0.533 bits per heavy atom. The van der Waals surface area contributed by atoms with Crippen LogP contribution in [0.3, 0.4) is 0 Å². The number of hydrogen-bond acceptors (Lipinski definition) is 6. The van der Waals surface area contributed by atoms with Crippen molar-refractivity contribution in [1.29, 1.82) is 0 Å². The zero-order valence-electron chi connectivity index (χ0n) is 25.4. The number of rotatable bonds is 11. The van der Waals surface area contributed by atoms with E-state index in [0.717, 1.165) is 51.5 Å². The molecule has 0 saturated heterocycles. The minimum atomic E-state index is -0.485. The van der Waals surface area contributed by atoms with Crippen molar-refractivity contribution in [3.63, 3.8) is 0 Å². The predicted molar refractivity (Wildman–Crippen MR) is 182 cm³/mol. The van der Waals surface area contributed by atoms with E-state index in [-0.39, 0.29) is 0 Å². The van der Waals surface area contributed by atoms with Crippen molar-refractivity contribution < 1.29 is 19.1 Å². The van der Waals surface area contributed by atoms with Gasteiger partial charge in [0.25, 0.3) is 0 Å². The molecule has 0 fully saturated rings. The summed E-state index contributed by atoms with van der Waals surface area (Å²) < 4.78 is 10.4. The first-order valence-corrected chi connectivity index (χ1v) is 14.5. The topological polar surface area (TPSA) is 59.1 Å². The molecule has 0 amide bonds. The molecule has 0 unspecified atom stereocenters. The van der Waals surface area contributed by atoms with Gasteiger partial charge in [0.1, 0.15) is 11.5 Å². The molecule has 45 heavy (non-hydrogen) atoms. The molecule has 224 valence electrons. The average molecular weight is 595 g/mol. The molecule has 0 bridgehead atoms. The van der Waals surface area contributed by atoms with Gasteiger partial charge in [0.05, 0.1) is 0 Å². The molecule has 0 aliphatic carbocycles. The summed E-state index contributed by atoms with van der Waals surface area (Å²) in [5, 5.41) is 0. The molecule has 5 aromatic rings.